The van der Waals surface area contributed by atoms with Crippen molar-refractivity contribution >= 4 is 19.7 Å². The molecule has 0 rings (SSSR count). The number of aliphatic hydroxyl groups excluding tert-OH is 1. The molecule has 0 aromatic carbocycles. The van der Waals surface area contributed by atoms with Gasteiger partial charge in [0.1, 0.15) is 12.7 Å². The predicted octanol–water partition coefficient (Wildman–Crippen LogP) is 14.0. The quantitative estimate of drug-likeness (QED) is 0.0239. The van der Waals surface area contributed by atoms with E-state index in [1.165, 1.54) is 70.6 Å². The summed E-state index contributed by atoms with van der Waals surface area (Å²) in [6.07, 6.45) is 59.4. The van der Waals surface area contributed by atoms with E-state index in [-0.39, 0.29) is 32.1 Å². The van der Waals surface area contributed by atoms with Gasteiger partial charge in [-0.1, -0.05) is 176 Å². The van der Waals surface area contributed by atoms with Crippen LogP contribution in [0, 0.1) is 0 Å². The van der Waals surface area contributed by atoms with E-state index < -0.39 is 26.5 Å². The maximum absolute atomic E-state index is 12.1. The van der Waals surface area contributed by atoms with Crippen LogP contribution in [-0.2, 0) is 27.9 Å². The molecule has 0 spiro atoms. The molecule has 0 bridgehead atoms. The Kier molecular flexibility index (Phi) is 44.5. The molecular formula is C51H88NO8P. The van der Waals surface area contributed by atoms with Gasteiger partial charge in [0, 0.05) is 19.4 Å². The SMILES string of the molecule is CC/C=C\C/C=C\C/C=C\C/C=C\C/C=C\CCCCCCCC(=O)NCCOP(=O)(O)OCC(O)COC(=O)CCCCCCCCCCC/C=C\C/C=C\CCCCC. The normalized spacial score (nSPS) is 14.0. The molecule has 2 atom stereocenters. The summed E-state index contributed by atoms with van der Waals surface area (Å²) in [5.41, 5.74) is 0. The molecule has 0 aromatic heterocycles. The first-order chi connectivity index (χ1) is 29.8. The third kappa shape index (κ3) is 48.1. The van der Waals surface area contributed by atoms with Gasteiger partial charge in [-0.25, -0.2) is 4.57 Å². The van der Waals surface area contributed by atoms with E-state index in [0.29, 0.717) is 6.42 Å². The van der Waals surface area contributed by atoms with Crippen molar-refractivity contribution < 1.29 is 37.9 Å². The molecule has 0 saturated heterocycles. The lowest BCUT2D eigenvalue weighted by Crippen LogP contribution is -2.27. The van der Waals surface area contributed by atoms with Crippen molar-refractivity contribution in [3.05, 3.63) is 85.1 Å². The second-order valence-corrected chi connectivity index (χ2v) is 17.1. The number of amides is 1. The maximum Gasteiger partial charge on any atom is 0.472 e. The Morgan fingerprint density at radius 1 is 0.525 bits per heavy atom. The molecule has 0 fully saturated rings. The number of allylic oxidation sites excluding steroid dienone is 14. The van der Waals surface area contributed by atoms with Gasteiger partial charge in [0.2, 0.25) is 5.91 Å². The van der Waals surface area contributed by atoms with Crippen LogP contribution >= 0.6 is 7.82 Å². The fourth-order valence-corrected chi connectivity index (χ4v) is 6.96. The summed E-state index contributed by atoms with van der Waals surface area (Å²) in [7, 11) is -4.43. The second kappa shape index (κ2) is 46.7. The summed E-state index contributed by atoms with van der Waals surface area (Å²) >= 11 is 0. The van der Waals surface area contributed by atoms with Gasteiger partial charge in [0.15, 0.2) is 0 Å². The Bertz CT molecular complexity index is 1270. The molecule has 0 aromatic rings. The number of rotatable bonds is 44. The minimum atomic E-state index is -4.43. The van der Waals surface area contributed by atoms with Crippen molar-refractivity contribution in [1.29, 1.82) is 0 Å². The molecule has 0 saturated carbocycles. The van der Waals surface area contributed by atoms with Gasteiger partial charge in [0.25, 0.3) is 0 Å². The Labute approximate surface area is 373 Å². The van der Waals surface area contributed by atoms with E-state index in [1.807, 2.05) is 0 Å². The average molecular weight is 874 g/mol. The summed E-state index contributed by atoms with van der Waals surface area (Å²) in [5, 5.41) is 12.7. The van der Waals surface area contributed by atoms with Crippen molar-refractivity contribution in [2.24, 2.45) is 0 Å². The van der Waals surface area contributed by atoms with Crippen LogP contribution in [0.15, 0.2) is 85.1 Å². The molecule has 350 valence electrons. The van der Waals surface area contributed by atoms with Crippen LogP contribution < -0.4 is 5.32 Å². The summed E-state index contributed by atoms with van der Waals surface area (Å²) in [5.74, 6) is -0.544. The average Bonchev–Trinajstić information content (AvgIpc) is 3.25. The van der Waals surface area contributed by atoms with Gasteiger partial charge in [-0.05, 0) is 89.9 Å². The van der Waals surface area contributed by atoms with Crippen LogP contribution in [0.4, 0.5) is 0 Å². The fourth-order valence-electron chi connectivity index (χ4n) is 6.20. The number of carbonyl (C=O) groups excluding carboxylic acids is 2. The number of unbranched alkanes of at least 4 members (excludes halogenated alkanes) is 17. The molecule has 0 aliphatic heterocycles. The summed E-state index contributed by atoms with van der Waals surface area (Å²) in [4.78, 5) is 34.0. The molecule has 9 nitrogen and oxygen atoms in total. The molecule has 0 aliphatic carbocycles. The number of nitrogens with one attached hydrogen (secondary N) is 1. The Hall–Kier alpha value is -2.81. The molecule has 61 heavy (non-hydrogen) atoms. The zero-order valence-electron chi connectivity index (χ0n) is 38.6. The maximum atomic E-state index is 12.1. The molecule has 0 radical (unpaired) electrons. The molecule has 10 heteroatoms. The number of phosphoric ester groups is 1. The number of ether oxygens (including phenoxy) is 1. The number of carbonyl (C=O) groups is 2. The summed E-state index contributed by atoms with van der Waals surface area (Å²) in [6, 6.07) is 0. The fraction of sp³-hybridized carbons (Fsp3) is 0.686. The van der Waals surface area contributed by atoms with Crippen molar-refractivity contribution in [2.75, 3.05) is 26.4 Å². The van der Waals surface area contributed by atoms with Gasteiger partial charge in [0.05, 0.1) is 13.2 Å². The first-order valence-corrected chi connectivity index (χ1v) is 25.6. The summed E-state index contributed by atoms with van der Waals surface area (Å²) in [6.45, 7) is 3.38. The van der Waals surface area contributed by atoms with E-state index in [2.05, 4.69) is 104 Å². The van der Waals surface area contributed by atoms with E-state index in [0.717, 1.165) is 96.3 Å². The number of esters is 1. The highest BCUT2D eigenvalue weighted by molar-refractivity contribution is 7.47. The predicted molar refractivity (Wildman–Crippen MR) is 256 cm³/mol. The lowest BCUT2D eigenvalue weighted by atomic mass is 10.1. The first kappa shape index (κ1) is 58.2. The minimum Gasteiger partial charge on any atom is -0.463 e. The van der Waals surface area contributed by atoms with E-state index in [4.69, 9.17) is 13.8 Å². The largest absolute Gasteiger partial charge is 0.472 e. The Morgan fingerprint density at radius 3 is 1.41 bits per heavy atom. The zero-order valence-corrected chi connectivity index (χ0v) is 39.5. The van der Waals surface area contributed by atoms with Crippen molar-refractivity contribution in [3.8, 4) is 0 Å². The first-order valence-electron chi connectivity index (χ1n) is 24.1. The standard InChI is InChI=1S/C51H88NO8P/c1-3-5-7-9-11-13-15-17-19-21-23-24-26-27-29-31-33-35-37-39-41-43-50(54)52-45-46-59-61(56,57)60-48-49(53)47-58-51(55)44-42-40-38-36-34-32-30-28-25-22-20-18-16-14-12-10-8-6-4-2/h5,7,11-14,17-20,23-24,27,29,49,53H,3-4,6,8-10,15-16,21-22,25-26,28,30-48H2,1-2H3,(H,52,54)(H,56,57)/b7-5-,13-11-,14-12-,19-17-,20-18-,24-23-,29-27-. The third-order valence-corrected chi connectivity index (χ3v) is 10.8. The lowest BCUT2D eigenvalue weighted by molar-refractivity contribution is -0.147. The van der Waals surface area contributed by atoms with Gasteiger partial charge >= 0.3 is 13.8 Å². The minimum absolute atomic E-state index is 0.0656. The molecule has 2 unspecified atom stereocenters. The molecular weight excluding hydrogens is 786 g/mol. The highest BCUT2D eigenvalue weighted by atomic mass is 31.2. The van der Waals surface area contributed by atoms with Crippen LogP contribution in [0.2, 0.25) is 0 Å². The van der Waals surface area contributed by atoms with Gasteiger partial charge in [-0.3, -0.25) is 18.6 Å². The highest BCUT2D eigenvalue weighted by Crippen LogP contribution is 2.42. The molecule has 0 aliphatic rings. The Morgan fingerprint density at radius 2 is 0.934 bits per heavy atom. The van der Waals surface area contributed by atoms with E-state index >= 15 is 0 Å². The third-order valence-electron chi connectivity index (χ3n) is 9.81. The van der Waals surface area contributed by atoms with Crippen LogP contribution in [-0.4, -0.2) is 54.3 Å². The highest BCUT2D eigenvalue weighted by Gasteiger charge is 2.23. The molecule has 1 amide bonds. The summed E-state index contributed by atoms with van der Waals surface area (Å²) < 4.78 is 26.9. The van der Waals surface area contributed by atoms with Crippen molar-refractivity contribution in [2.45, 2.75) is 200 Å². The number of aliphatic hydroxyl groups is 1. The molecule has 0 heterocycles. The Balaban J connectivity index is 3.64. The van der Waals surface area contributed by atoms with Crippen molar-refractivity contribution in [1.82, 2.24) is 5.32 Å². The second-order valence-electron chi connectivity index (χ2n) is 15.7. The van der Waals surface area contributed by atoms with E-state index in [9.17, 15) is 24.2 Å². The lowest BCUT2D eigenvalue weighted by Gasteiger charge is -2.15. The van der Waals surface area contributed by atoms with Gasteiger partial charge in [-0.15, -0.1) is 0 Å². The number of hydrogen-bond acceptors (Lipinski definition) is 7. The number of phosphoric acid groups is 1. The molecule has 3 N–H and O–H groups in total. The van der Waals surface area contributed by atoms with Gasteiger partial charge in [-0.2, -0.15) is 0 Å². The smallest absolute Gasteiger partial charge is 0.463 e. The van der Waals surface area contributed by atoms with Crippen LogP contribution in [0.3, 0.4) is 0 Å². The van der Waals surface area contributed by atoms with Crippen LogP contribution in [0.25, 0.3) is 0 Å². The van der Waals surface area contributed by atoms with E-state index in [1.54, 1.807) is 0 Å². The van der Waals surface area contributed by atoms with Crippen LogP contribution in [0.5, 0.6) is 0 Å². The monoisotopic (exact) mass is 874 g/mol. The van der Waals surface area contributed by atoms with Crippen molar-refractivity contribution in [3.63, 3.8) is 0 Å². The topological polar surface area (TPSA) is 131 Å². The van der Waals surface area contributed by atoms with Gasteiger partial charge < -0.3 is 20.1 Å². The zero-order chi connectivity index (χ0) is 44.6. The number of hydrogen-bond donors (Lipinski definition) is 3. The van der Waals surface area contributed by atoms with Crippen LogP contribution in [0.1, 0.15) is 194 Å².